The van der Waals surface area contributed by atoms with Crippen LogP contribution < -0.4 is 10.5 Å². The molecule has 0 bridgehead atoms. The number of nitrogens with one attached hydrogen (secondary N) is 1. The molecule has 17 heavy (non-hydrogen) atoms. The number of rotatable bonds is 4. The van der Waals surface area contributed by atoms with Crippen molar-refractivity contribution >= 4 is 27.3 Å². The molecular weight excluding hydrogens is 260 g/mol. The summed E-state index contributed by atoms with van der Waals surface area (Å²) in [6.45, 7) is 2.60. The Morgan fingerprint density at radius 1 is 1.53 bits per heavy atom. The molecule has 3 N–H and O–H groups in total. The lowest BCUT2D eigenvalue weighted by Gasteiger charge is -2.07. The predicted octanol–water partition coefficient (Wildman–Crippen LogP) is 1.86. The Hall–Kier alpha value is -0.780. The Morgan fingerprint density at radius 2 is 2.18 bits per heavy atom. The Balaban J connectivity index is 2.10. The summed E-state index contributed by atoms with van der Waals surface area (Å²) < 4.78 is 26.4. The summed E-state index contributed by atoms with van der Waals surface area (Å²) in [6.07, 6.45) is 1.09. The Labute approximate surface area is 106 Å². The fourth-order valence-corrected chi connectivity index (χ4v) is 3.02. The third-order valence-electron chi connectivity index (χ3n) is 3.09. The van der Waals surface area contributed by atoms with Crippen LogP contribution in [0.25, 0.3) is 0 Å². The van der Waals surface area contributed by atoms with E-state index < -0.39 is 10.0 Å². The highest BCUT2D eigenvalue weighted by atomic mass is 35.5. The quantitative estimate of drug-likeness (QED) is 0.823. The third-order valence-corrected chi connectivity index (χ3v) is 4.84. The lowest BCUT2D eigenvalue weighted by atomic mass is 10.3. The topological polar surface area (TPSA) is 72.2 Å². The summed E-state index contributed by atoms with van der Waals surface area (Å²) in [5.74, 6) is 1.08. The van der Waals surface area contributed by atoms with Crippen LogP contribution in [0.5, 0.6) is 0 Å². The molecule has 2 rings (SSSR count). The van der Waals surface area contributed by atoms with Crippen molar-refractivity contribution in [3.05, 3.63) is 23.2 Å². The van der Waals surface area contributed by atoms with Gasteiger partial charge < -0.3 is 5.73 Å². The molecule has 1 aromatic rings. The van der Waals surface area contributed by atoms with Crippen molar-refractivity contribution in [3.63, 3.8) is 0 Å². The standard InChI is InChI=1S/C11H15ClN2O2S/c1-7-4-8(7)6-14-17(15,16)9-2-3-11(13)10(12)5-9/h2-3,5,7-8,14H,4,6,13H2,1H3. The molecule has 2 unspecified atom stereocenters. The van der Waals surface area contributed by atoms with E-state index in [0.717, 1.165) is 6.42 Å². The second kappa shape index (κ2) is 4.48. The fraction of sp³-hybridized carbons (Fsp3) is 0.455. The van der Waals surface area contributed by atoms with Gasteiger partial charge in [0.15, 0.2) is 0 Å². The van der Waals surface area contributed by atoms with Crippen molar-refractivity contribution in [1.82, 2.24) is 4.72 Å². The summed E-state index contributed by atoms with van der Waals surface area (Å²) >= 11 is 5.80. The monoisotopic (exact) mass is 274 g/mol. The highest BCUT2D eigenvalue weighted by molar-refractivity contribution is 7.89. The number of anilines is 1. The lowest BCUT2D eigenvalue weighted by molar-refractivity contribution is 0.574. The number of nitrogen functional groups attached to an aromatic ring is 1. The first-order chi connectivity index (χ1) is 7.90. The van der Waals surface area contributed by atoms with Gasteiger partial charge in [-0.25, -0.2) is 13.1 Å². The van der Waals surface area contributed by atoms with E-state index in [0.29, 0.717) is 24.1 Å². The lowest BCUT2D eigenvalue weighted by Crippen LogP contribution is -2.26. The van der Waals surface area contributed by atoms with Gasteiger partial charge in [0, 0.05) is 6.54 Å². The highest BCUT2D eigenvalue weighted by Gasteiger charge is 2.33. The zero-order valence-corrected chi connectivity index (χ0v) is 11.1. The number of sulfonamides is 1. The molecule has 0 aromatic heterocycles. The van der Waals surface area contributed by atoms with Crippen LogP contribution in [0.2, 0.25) is 5.02 Å². The van der Waals surface area contributed by atoms with Gasteiger partial charge in [-0.15, -0.1) is 0 Å². The van der Waals surface area contributed by atoms with E-state index in [2.05, 4.69) is 11.6 Å². The van der Waals surface area contributed by atoms with Crippen molar-refractivity contribution in [1.29, 1.82) is 0 Å². The van der Waals surface area contributed by atoms with Gasteiger partial charge in [0.05, 0.1) is 15.6 Å². The first-order valence-corrected chi connectivity index (χ1v) is 7.31. The van der Waals surface area contributed by atoms with E-state index in [1.54, 1.807) is 0 Å². The number of nitrogens with two attached hydrogens (primary N) is 1. The van der Waals surface area contributed by atoms with Crippen LogP contribution in [0, 0.1) is 11.8 Å². The molecule has 0 heterocycles. The zero-order valence-electron chi connectivity index (χ0n) is 9.48. The molecule has 0 aliphatic heterocycles. The molecule has 1 aliphatic carbocycles. The van der Waals surface area contributed by atoms with Gasteiger partial charge in [0.25, 0.3) is 0 Å². The first kappa shape index (κ1) is 12.7. The van der Waals surface area contributed by atoms with Crippen molar-refractivity contribution in [3.8, 4) is 0 Å². The van der Waals surface area contributed by atoms with Crippen molar-refractivity contribution < 1.29 is 8.42 Å². The molecule has 0 amide bonds. The molecule has 6 heteroatoms. The average molecular weight is 275 g/mol. The van der Waals surface area contributed by atoms with Gasteiger partial charge in [-0.1, -0.05) is 18.5 Å². The molecule has 0 radical (unpaired) electrons. The summed E-state index contributed by atoms with van der Waals surface area (Å²) in [7, 11) is -3.47. The summed E-state index contributed by atoms with van der Waals surface area (Å²) in [4.78, 5) is 0.157. The molecule has 1 aromatic carbocycles. The normalized spacial score (nSPS) is 23.6. The summed E-state index contributed by atoms with van der Waals surface area (Å²) in [5.41, 5.74) is 5.91. The summed E-state index contributed by atoms with van der Waals surface area (Å²) in [6, 6.07) is 4.33. The molecular formula is C11H15ClN2O2S. The average Bonchev–Trinajstić information content (AvgIpc) is 2.96. The third kappa shape index (κ3) is 2.91. The van der Waals surface area contributed by atoms with Gasteiger partial charge in [0.2, 0.25) is 10.0 Å². The summed E-state index contributed by atoms with van der Waals surface area (Å²) in [5, 5.41) is 0.257. The van der Waals surface area contributed by atoms with E-state index in [1.807, 2.05) is 0 Å². The number of halogens is 1. The Bertz CT molecular complexity index is 530. The van der Waals surface area contributed by atoms with E-state index in [9.17, 15) is 8.42 Å². The van der Waals surface area contributed by atoms with Crippen LogP contribution >= 0.6 is 11.6 Å². The van der Waals surface area contributed by atoms with Gasteiger partial charge in [-0.3, -0.25) is 0 Å². The number of benzene rings is 1. The zero-order chi connectivity index (χ0) is 12.6. The van der Waals surface area contributed by atoms with Crippen LogP contribution in [-0.4, -0.2) is 15.0 Å². The maximum atomic E-state index is 11.9. The van der Waals surface area contributed by atoms with Crippen LogP contribution in [0.15, 0.2) is 23.1 Å². The van der Waals surface area contributed by atoms with Crippen molar-refractivity contribution in [2.24, 2.45) is 11.8 Å². The molecule has 1 saturated carbocycles. The molecule has 1 fully saturated rings. The number of hydrogen-bond donors (Lipinski definition) is 2. The number of hydrogen-bond acceptors (Lipinski definition) is 3. The maximum absolute atomic E-state index is 11.9. The van der Waals surface area contributed by atoms with Crippen LogP contribution in [-0.2, 0) is 10.0 Å². The Morgan fingerprint density at radius 3 is 2.71 bits per heavy atom. The fourth-order valence-electron chi connectivity index (χ4n) is 1.66. The van der Waals surface area contributed by atoms with E-state index in [1.165, 1.54) is 18.2 Å². The van der Waals surface area contributed by atoms with Crippen LogP contribution in [0.1, 0.15) is 13.3 Å². The van der Waals surface area contributed by atoms with Crippen LogP contribution in [0.4, 0.5) is 5.69 Å². The largest absolute Gasteiger partial charge is 0.398 e. The smallest absolute Gasteiger partial charge is 0.240 e. The predicted molar refractivity (Wildman–Crippen MR) is 68.3 cm³/mol. The minimum absolute atomic E-state index is 0.157. The van der Waals surface area contributed by atoms with Gasteiger partial charge in [-0.2, -0.15) is 0 Å². The molecule has 2 atom stereocenters. The second-order valence-corrected chi connectivity index (χ2v) is 6.68. The van der Waals surface area contributed by atoms with Crippen molar-refractivity contribution in [2.45, 2.75) is 18.2 Å². The van der Waals surface area contributed by atoms with E-state index in [4.69, 9.17) is 17.3 Å². The van der Waals surface area contributed by atoms with E-state index >= 15 is 0 Å². The SMILES string of the molecule is CC1CC1CNS(=O)(=O)c1ccc(N)c(Cl)c1. The first-order valence-electron chi connectivity index (χ1n) is 5.45. The van der Waals surface area contributed by atoms with E-state index in [-0.39, 0.29) is 9.92 Å². The molecule has 1 aliphatic rings. The van der Waals surface area contributed by atoms with Gasteiger partial charge in [0.1, 0.15) is 0 Å². The molecule has 4 nitrogen and oxygen atoms in total. The van der Waals surface area contributed by atoms with Gasteiger partial charge in [-0.05, 0) is 36.5 Å². The Kier molecular flexibility index (Phi) is 3.34. The minimum atomic E-state index is -3.47. The minimum Gasteiger partial charge on any atom is -0.398 e. The van der Waals surface area contributed by atoms with Crippen LogP contribution in [0.3, 0.4) is 0 Å². The maximum Gasteiger partial charge on any atom is 0.240 e. The molecule has 94 valence electrons. The highest BCUT2D eigenvalue weighted by Crippen LogP contribution is 2.37. The van der Waals surface area contributed by atoms with Gasteiger partial charge >= 0.3 is 0 Å². The second-order valence-electron chi connectivity index (χ2n) is 4.51. The van der Waals surface area contributed by atoms with Crippen molar-refractivity contribution in [2.75, 3.05) is 12.3 Å². The molecule has 0 spiro atoms. The molecule has 0 saturated heterocycles.